The molecule has 0 bridgehead atoms. The van der Waals surface area contributed by atoms with Gasteiger partial charge < -0.3 is 10.6 Å². The maximum atomic E-state index is 12.0. The quantitative estimate of drug-likeness (QED) is 0.808. The number of carbonyl (C=O) groups is 1. The number of hydrogen-bond acceptors (Lipinski definition) is 5. The molecule has 0 radical (unpaired) electrons. The van der Waals surface area contributed by atoms with Crippen LogP contribution in [0.15, 0.2) is 0 Å². The molecule has 0 aliphatic rings. The summed E-state index contributed by atoms with van der Waals surface area (Å²) in [6.07, 6.45) is 1.02. The van der Waals surface area contributed by atoms with Crippen molar-refractivity contribution in [3.8, 4) is 0 Å². The summed E-state index contributed by atoms with van der Waals surface area (Å²) in [5.74, 6) is 0.361. The molecule has 0 unspecified atom stereocenters. The van der Waals surface area contributed by atoms with E-state index in [2.05, 4.69) is 55.4 Å². The van der Waals surface area contributed by atoms with Crippen molar-refractivity contribution in [3.63, 3.8) is 0 Å². The summed E-state index contributed by atoms with van der Waals surface area (Å²) in [5.41, 5.74) is 0.0731. The molecule has 1 heterocycles. The van der Waals surface area contributed by atoms with Gasteiger partial charge in [0.15, 0.2) is 0 Å². The van der Waals surface area contributed by atoms with Gasteiger partial charge in [0.05, 0.1) is 0 Å². The number of anilines is 1. The Morgan fingerprint density at radius 1 is 1.37 bits per heavy atom. The molecule has 0 aromatic carbocycles. The number of nitrogens with zero attached hydrogens (tertiary/aromatic N) is 2. The SMILES string of the molecule is CCCNc1nnc(C(=O)NCC(C)(C)C(C)C)s1. The van der Waals surface area contributed by atoms with Gasteiger partial charge in [-0.05, 0) is 17.8 Å². The van der Waals surface area contributed by atoms with E-state index in [1.807, 2.05) is 0 Å². The minimum Gasteiger partial charge on any atom is -0.360 e. The average molecular weight is 284 g/mol. The first-order valence-electron chi connectivity index (χ1n) is 6.72. The van der Waals surface area contributed by atoms with Crippen molar-refractivity contribution in [2.24, 2.45) is 11.3 Å². The van der Waals surface area contributed by atoms with Gasteiger partial charge >= 0.3 is 0 Å². The molecule has 0 fully saturated rings. The van der Waals surface area contributed by atoms with Crippen molar-refractivity contribution in [2.45, 2.75) is 41.0 Å². The van der Waals surface area contributed by atoms with Gasteiger partial charge in [0.25, 0.3) is 5.91 Å². The lowest BCUT2D eigenvalue weighted by molar-refractivity contribution is 0.0923. The summed E-state index contributed by atoms with van der Waals surface area (Å²) >= 11 is 1.29. The number of aromatic nitrogens is 2. The molecule has 0 saturated heterocycles. The van der Waals surface area contributed by atoms with Gasteiger partial charge in [0.2, 0.25) is 10.1 Å². The Labute approximate surface area is 119 Å². The van der Waals surface area contributed by atoms with E-state index in [0.29, 0.717) is 22.6 Å². The molecule has 0 aliphatic carbocycles. The van der Waals surface area contributed by atoms with Gasteiger partial charge in [0, 0.05) is 13.1 Å². The van der Waals surface area contributed by atoms with Gasteiger partial charge in [-0.1, -0.05) is 46.0 Å². The van der Waals surface area contributed by atoms with E-state index in [0.717, 1.165) is 13.0 Å². The van der Waals surface area contributed by atoms with Crippen LogP contribution in [0.25, 0.3) is 0 Å². The molecule has 1 aromatic rings. The zero-order valence-electron chi connectivity index (χ0n) is 12.4. The maximum Gasteiger partial charge on any atom is 0.282 e. The van der Waals surface area contributed by atoms with Crippen LogP contribution in [0.4, 0.5) is 5.13 Å². The summed E-state index contributed by atoms with van der Waals surface area (Å²) in [7, 11) is 0. The molecule has 5 nitrogen and oxygen atoms in total. The fraction of sp³-hybridized carbons (Fsp3) is 0.769. The van der Waals surface area contributed by atoms with E-state index in [9.17, 15) is 4.79 Å². The second-order valence-electron chi connectivity index (χ2n) is 5.67. The van der Waals surface area contributed by atoms with E-state index in [1.54, 1.807) is 0 Å². The van der Waals surface area contributed by atoms with Crippen LogP contribution in [0.5, 0.6) is 0 Å². The van der Waals surface area contributed by atoms with E-state index >= 15 is 0 Å². The Morgan fingerprint density at radius 2 is 2.05 bits per heavy atom. The summed E-state index contributed by atoms with van der Waals surface area (Å²) in [5, 5.41) is 15.0. The number of carbonyl (C=O) groups excluding carboxylic acids is 1. The minimum absolute atomic E-state index is 0.0731. The third-order valence-corrected chi connectivity index (χ3v) is 4.29. The van der Waals surface area contributed by atoms with Crippen LogP contribution < -0.4 is 10.6 Å². The van der Waals surface area contributed by atoms with Gasteiger partial charge in [0.1, 0.15) is 0 Å². The first kappa shape index (κ1) is 15.9. The lowest BCUT2D eigenvalue weighted by Gasteiger charge is -2.29. The zero-order chi connectivity index (χ0) is 14.5. The van der Waals surface area contributed by atoms with Crippen molar-refractivity contribution in [1.82, 2.24) is 15.5 Å². The summed E-state index contributed by atoms with van der Waals surface area (Å²) < 4.78 is 0. The average Bonchev–Trinajstić information content (AvgIpc) is 2.82. The highest BCUT2D eigenvalue weighted by molar-refractivity contribution is 7.17. The lowest BCUT2D eigenvalue weighted by atomic mass is 9.81. The highest BCUT2D eigenvalue weighted by Gasteiger charge is 2.24. The van der Waals surface area contributed by atoms with Crippen LogP contribution in [0.1, 0.15) is 50.8 Å². The Balaban J connectivity index is 2.52. The molecule has 1 aromatic heterocycles. The normalized spacial score (nSPS) is 11.7. The van der Waals surface area contributed by atoms with Crippen LogP contribution in [0, 0.1) is 11.3 Å². The smallest absolute Gasteiger partial charge is 0.282 e. The predicted octanol–water partition coefficient (Wildman–Crippen LogP) is 2.77. The van der Waals surface area contributed by atoms with Crippen LogP contribution in [0.3, 0.4) is 0 Å². The maximum absolute atomic E-state index is 12.0. The highest BCUT2D eigenvalue weighted by Crippen LogP contribution is 2.25. The molecular formula is C13H24N4OS. The second-order valence-corrected chi connectivity index (χ2v) is 6.64. The fourth-order valence-electron chi connectivity index (χ4n) is 1.21. The molecular weight excluding hydrogens is 260 g/mol. The second kappa shape index (κ2) is 6.84. The Bertz CT molecular complexity index is 415. The summed E-state index contributed by atoms with van der Waals surface area (Å²) in [4.78, 5) is 12.0. The first-order valence-corrected chi connectivity index (χ1v) is 7.54. The molecule has 0 atom stereocenters. The van der Waals surface area contributed by atoms with Crippen molar-refractivity contribution in [1.29, 1.82) is 0 Å². The van der Waals surface area contributed by atoms with E-state index < -0.39 is 0 Å². The number of rotatable bonds is 7. The van der Waals surface area contributed by atoms with Gasteiger partial charge in [-0.2, -0.15) is 0 Å². The number of amides is 1. The predicted molar refractivity (Wildman–Crippen MR) is 79.6 cm³/mol. The third-order valence-electron chi connectivity index (χ3n) is 3.41. The van der Waals surface area contributed by atoms with Crippen LogP contribution in [-0.2, 0) is 0 Å². The fourth-order valence-corrected chi connectivity index (χ4v) is 1.89. The topological polar surface area (TPSA) is 66.9 Å². The van der Waals surface area contributed by atoms with Gasteiger partial charge in [-0.25, -0.2) is 0 Å². The monoisotopic (exact) mass is 284 g/mol. The molecule has 1 amide bonds. The molecule has 2 N–H and O–H groups in total. The Morgan fingerprint density at radius 3 is 2.63 bits per heavy atom. The Kier molecular flexibility index (Phi) is 5.72. The highest BCUT2D eigenvalue weighted by atomic mass is 32.1. The third kappa shape index (κ3) is 4.78. The summed E-state index contributed by atoms with van der Waals surface area (Å²) in [6.45, 7) is 12.2. The molecule has 0 spiro atoms. The van der Waals surface area contributed by atoms with Crippen molar-refractivity contribution >= 4 is 22.4 Å². The molecule has 1 rings (SSSR count). The molecule has 108 valence electrons. The van der Waals surface area contributed by atoms with Crippen molar-refractivity contribution in [2.75, 3.05) is 18.4 Å². The molecule has 0 aliphatic heterocycles. The van der Waals surface area contributed by atoms with Crippen LogP contribution in [0.2, 0.25) is 0 Å². The van der Waals surface area contributed by atoms with E-state index in [1.165, 1.54) is 11.3 Å². The minimum atomic E-state index is -0.143. The van der Waals surface area contributed by atoms with Crippen LogP contribution >= 0.6 is 11.3 Å². The molecule has 19 heavy (non-hydrogen) atoms. The standard InChI is InChI=1S/C13H24N4OS/c1-6-7-14-12-17-16-11(19-12)10(18)15-8-13(4,5)9(2)3/h9H,6-8H2,1-5H3,(H,14,17)(H,15,18). The summed E-state index contributed by atoms with van der Waals surface area (Å²) in [6, 6.07) is 0. The number of nitrogens with one attached hydrogen (secondary N) is 2. The van der Waals surface area contributed by atoms with E-state index in [4.69, 9.17) is 0 Å². The molecule has 0 saturated carbocycles. The Hall–Kier alpha value is -1.17. The number of hydrogen-bond donors (Lipinski definition) is 2. The zero-order valence-corrected chi connectivity index (χ0v) is 13.2. The van der Waals surface area contributed by atoms with Crippen molar-refractivity contribution < 1.29 is 4.79 Å². The van der Waals surface area contributed by atoms with Gasteiger partial charge in [-0.3, -0.25) is 4.79 Å². The molecule has 6 heteroatoms. The van der Waals surface area contributed by atoms with Crippen LogP contribution in [-0.4, -0.2) is 29.2 Å². The first-order chi connectivity index (χ1) is 8.86. The van der Waals surface area contributed by atoms with Crippen molar-refractivity contribution in [3.05, 3.63) is 5.01 Å². The largest absolute Gasteiger partial charge is 0.360 e. The van der Waals surface area contributed by atoms with E-state index in [-0.39, 0.29) is 11.3 Å². The van der Waals surface area contributed by atoms with Gasteiger partial charge in [-0.15, -0.1) is 10.2 Å². The lowest BCUT2D eigenvalue weighted by Crippen LogP contribution is -2.36.